The molecule has 106 valence electrons. The SMILES string of the molecule is CC(C)N1CCCC(Nc2cc(Br)ccc2F)CC1. The first-order valence-electron chi connectivity index (χ1n) is 7.02. The van der Waals surface area contributed by atoms with Crippen LogP contribution in [0.2, 0.25) is 0 Å². The Morgan fingerprint density at radius 2 is 2.11 bits per heavy atom. The second-order valence-corrected chi connectivity index (χ2v) is 6.44. The summed E-state index contributed by atoms with van der Waals surface area (Å²) in [5, 5.41) is 3.36. The van der Waals surface area contributed by atoms with E-state index in [1.54, 1.807) is 6.07 Å². The Balaban J connectivity index is 1.98. The van der Waals surface area contributed by atoms with Gasteiger partial charge in [-0.2, -0.15) is 0 Å². The lowest BCUT2D eigenvalue weighted by molar-refractivity contribution is 0.230. The molecule has 4 heteroatoms. The van der Waals surface area contributed by atoms with E-state index >= 15 is 0 Å². The van der Waals surface area contributed by atoms with E-state index in [0.717, 1.165) is 30.4 Å². The lowest BCUT2D eigenvalue weighted by atomic mass is 10.1. The van der Waals surface area contributed by atoms with Crippen molar-refractivity contribution in [3.05, 3.63) is 28.5 Å². The van der Waals surface area contributed by atoms with Gasteiger partial charge in [0, 0.05) is 23.1 Å². The second kappa shape index (κ2) is 6.71. The van der Waals surface area contributed by atoms with Crippen molar-refractivity contribution in [3.63, 3.8) is 0 Å². The summed E-state index contributed by atoms with van der Waals surface area (Å²) in [6, 6.07) is 6.02. The number of likely N-dealkylation sites (tertiary alicyclic amines) is 1. The predicted molar refractivity (Wildman–Crippen MR) is 82.1 cm³/mol. The van der Waals surface area contributed by atoms with E-state index in [1.165, 1.54) is 12.5 Å². The van der Waals surface area contributed by atoms with E-state index in [4.69, 9.17) is 0 Å². The highest BCUT2D eigenvalue weighted by Crippen LogP contribution is 2.23. The van der Waals surface area contributed by atoms with Crippen molar-refractivity contribution in [3.8, 4) is 0 Å². The minimum Gasteiger partial charge on any atom is -0.380 e. The van der Waals surface area contributed by atoms with Crippen LogP contribution in [0, 0.1) is 5.82 Å². The number of nitrogens with one attached hydrogen (secondary N) is 1. The molecule has 1 aromatic carbocycles. The average molecular weight is 329 g/mol. The van der Waals surface area contributed by atoms with Crippen molar-refractivity contribution < 1.29 is 4.39 Å². The standard InChI is InChI=1S/C15H22BrFN2/c1-11(2)19-8-3-4-13(7-9-19)18-15-10-12(16)5-6-14(15)17/h5-6,10-11,13,18H,3-4,7-9H2,1-2H3. The summed E-state index contributed by atoms with van der Waals surface area (Å²) in [4.78, 5) is 2.50. The van der Waals surface area contributed by atoms with Crippen molar-refractivity contribution >= 4 is 21.6 Å². The van der Waals surface area contributed by atoms with Gasteiger partial charge in [-0.15, -0.1) is 0 Å². The van der Waals surface area contributed by atoms with E-state index < -0.39 is 0 Å². The predicted octanol–water partition coefficient (Wildman–Crippen LogP) is 4.26. The summed E-state index contributed by atoms with van der Waals surface area (Å²) in [7, 11) is 0. The zero-order chi connectivity index (χ0) is 13.8. The summed E-state index contributed by atoms with van der Waals surface area (Å²) >= 11 is 3.39. The molecule has 1 atom stereocenters. The maximum absolute atomic E-state index is 13.7. The summed E-state index contributed by atoms with van der Waals surface area (Å²) in [6.07, 6.45) is 3.35. The van der Waals surface area contributed by atoms with Gasteiger partial charge in [0.25, 0.3) is 0 Å². The van der Waals surface area contributed by atoms with Crippen LogP contribution in [-0.2, 0) is 0 Å². The van der Waals surface area contributed by atoms with E-state index in [2.05, 4.69) is 40.0 Å². The van der Waals surface area contributed by atoms with E-state index in [-0.39, 0.29) is 5.82 Å². The normalized spacial score (nSPS) is 21.4. The van der Waals surface area contributed by atoms with Gasteiger partial charge in [0.2, 0.25) is 0 Å². The third kappa shape index (κ3) is 4.18. The first-order chi connectivity index (χ1) is 9.06. The molecule has 1 aliphatic rings. The quantitative estimate of drug-likeness (QED) is 0.891. The fourth-order valence-electron chi connectivity index (χ4n) is 2.61. The lowest BCUT2D eigenvalue weighted by Crippen LogP contribution is -2.32. The minimum atomic E-state index is -0.173. The van der Waals surface area contributed by atoms with Crippen LogP contribution in [0.4, 0.5) is 10.1 Å². The van der Waals surface area contributed by atoms with Crippen LogP contribution < -0.4 is 5.32 Å². The molecule has 1 fully saturated rings. The molecular formula is C15H22BrFN2. The van der Waals surface area contributed by atoms with Crippen LogP contribution in [0.1, 0.15) is 33.1 Å². The molecule has 1 heterocycles. The van der Waals surface area contributed by atoms with Crippen LogP contribution in [0.3, 0.4) is 0 Å². The molecule has 0 aromatic heterocycles. The maximum atomic E-state index is 13.7. The first kappa shape index (κ1) is 14.8. The molecule has 2 nitrogen and oxygen atoms in total. The number of nitrogens with zero attached hydrogens (tertiary/aromatic N) is 1. The van der Waals surface area contributed by atoms with Gasteiger partial charge in [-0.3, -0.25) is 0 Å². The third-order valence-corrected chi connectivity index (χ3v) is 4.27. The minimum absolute atomic E-state index is 0.173. The van der Waals surface area contributed by atoms with Gasteiger partial charge < -0.3 is 10.2 Å². The second-order valence-electron chi connectivity index (χ2n) is 5.53. The van der Waals surface area contributed by atoms with Gasteiger partial charge in [-0.25, -0.2) is 4.39 Å². The Bertz CT molecular complexity index is 423. The molecule has 1 saturated heterocycles. The Morgan fingerprint density at radius 3 is 2.84 bits per heavy atom. The van der Waals surface area contributed by atoms with Gasteiger partial charge in [0.05, 0.1) is 5.69 Å². The summed E-state index contributed by atoms with van der Waals surface area (Å²) < 4.78 is 14.6. The summed E-state index contributed by atoms with van der Waals surface area (Å²) in [6.45, 7) is 6.71. The van der Waals surface area contributed by atoms with Gasteiger partial charge >= 0.3 is 0 Å². The zero-order valence-corrected chi connectivity index (χ0v) is 13.2. The topological polar surface area (TPSA) is 15.3 Å². The van der Waals surface area contributed by atoms with E-state index in [0.29, 0.717) is 17.8 Å². The Morgan fingerprint density at radius 1 is 1.32 bits per heavy atom. The maximum Gasteiger partial charge on any atom is 0.146 e. The molecule has 0 spiro atoms. The number of hydrogen-bond acceptors (Lipinski definition) is 2. The first-order valence-corrected chi connectivity index (χ1v) is 7.81. The fraction of sp³-hybridized carbons (Fsp3) is 0.600. The van der Waals surface area contributed by atoms with Crippen molar-refractivity contribution in [2.45, 2.75) is 45.2 Å². The molecule has 0 bridgehead atoms. The number of rotatable bonds is 3. The molecule has 1 aliphatic heterocycles. The molecule has 19 heavy (non-hydrogen) atoms. The van der Waals surface area contributed by atoms with Crippen molar-refractivity contribution in [2.24, 2.45) is 0 Å². The number of hydrogen-bond donors (Lipinski definition) is 1. The average Bonchev–Trinajstić information content (AvgIpc) is 2.59. The fourth-order valence-corrected chi connectivity index (χ4v) is 2.97. The van der Waals surface area contributed by atoms with Crippen LogP contribution in [-0.4, -0.2) is 30.1 Å². The number of anilines is 1. The molecule has 2 rings (SSSR count). The van der Waals surface area contributed by atoms with Crippen molar-refractivity contribution in [2.75, 3.05) is 18.4 Å². The molecule has 1 unspecified atom stereocenters. The smallest absolute Gasteiger partial charge is 0.146 e. The van der Waals surface area contributed by atoms with Crippen LogP contribution in [0.25, 0.3) is 0 Å². The van der Waals surface area contributed by atoms with E-state index in [9.17, 15) is 4.39 Å². The van der Waals surface area contributed by atoms with Crippen LogP contribution in [0.5, 0.6) is 0 Å². The number of benzene rings is 1. The molecule has 1 N–H and O–H groups in total. The Labute approximate surface area is 123 Å². The molecule has 0 amide bonds. The molecule has 0 radical (unpaired) electrons. The molecular weight excluding hydrogens is 307 g/mol. The van der Waals surface area contributed by atoms with Gasteiger partial charge in [-0.05, 0) is 57.9 Å². The highest BCUT2D eigenvalue weighted by Gasteiger charge is 2.19. The highest BCUT2D eigenvalue weighted by molar-refractivity contribution is 9.10. The highest BCUT2D eigenvalue weighted by atomic mass is 79.9. The summed E-state index contributed by atoms with van der Waals surface area (Å²) in [5.74, 6) is -0.173. The zero-order valence-electron chi connectivity index (χ0n) is 11.6. The van der Waals surface area contributed by atoms with Crippen molar-refractivity contribution in [1.29, 1.82) is 0 Å². The molecule has 1 aromatic rings. The van der Waals surface area contributed by atoms with Crippen molar-refractivity contribution in [1.82, 2.24) is 4.90 Å². The van der Waals surface area contributed by atoms with E-state index in [1.807, 2.05) is 6.07 Å². The van der Waals surface area contributed by atoms with Gasteiger partial charge in [-0.1, -0.05) is 15.9 Å². The molecule has 0 aliphatic carbocycles. The summed E-state index contributed by atoms with van der Waals surface area (Å²) in [5.41, 5.74) is 0.609. The van der Waals surface area contributed by atoms with Gasteiger partial charge in [0.1, 0.15) is 5.82 Å². The monoisotopic (exact) mass is 328 g/mol. The van der Waals surface area contributed by atoms with Crippen LogP contribution in [0.15, 0.2) is 22.7 Å². The Kier molecular flexibility index (Phi) is 5.22. The van der Waals surface area contributed by atoms with Gasteiger partial charge in [0.15, 0.2) is 0 Å². The lowest BCUT2D eigenvalue weighted by Gasteiger charge is -2.24. The molecule has 0 saturated carbocycles. The van der Waals surface area contributed by atoms with Crippen LogP contribution >= 0.6 is 15.9 Å². The Hall–Kier alpha value is -0.610. The number of halogens is 2. The third-order valence-electron chi connectivity index (χ3n) is 3.78. The largest absolute Gasteiger partial charge is 0.380 e.